The molecule has 0 radical (unpaired) electrons. The third-order valence-electron chi connectivity index (χ3n) is 10.4. The van der Waals surface area contributed by atoms with Gasteiger partial charge in [-0.05, 0) is 70.4 Å². The minimum absolute atomic E-state index is 0.633. The van der Waals surface area contributed by atoms with E-state index in [9.17, 15) is 0 Å². The van der Waals surface area contributed by atoms with E-state index in [1.165, 1.54) is 52.8 Å². The molecule has 0 fully saturated rings. The van der Waals surface area contributed by atoms with Crippen molar-refractivity contribution in [3.05, 3.63) is 182 Å². The van der Waals surface area contributed by atoms with Crippen molar-refractivity contribution in [2.75, 3.05) is 0 Å². The molecular weight excluding hydrogens is 677 g/mol. The van der Waals surface area contributed by atoms with Crippen LogP contribution in [0.2, 0.25) is 0 Å². The predicted octanol–water partition coefficient (Wildman–Crippen LogP) is 13.2. The molecule has 0 N–H and O–H groups in total. The van der Waals surface area contributed by atoms with Gasteiger partial charge < -0.3 is 4.57 Å². The minimum atomic E-state index is 0.633. The van der Waals surface area contributed by atoms with Crippen molar-refractivity contribution in [2.24, 2.45) is 0 Å². The van der Waals surface area contributed by atoms with Crippen LogP contribution in [0.15, 0.2) is 182 Å². The first-order chi connectivity index (χ1) is 26.8. The molecule has 0 unspecified atom stereocenters. The maximum Gasteiger partial charge on any atom is 0.164 e. The van der Waals surface area contributed by atoms with Gasteiger partial charge in [-0.15, -0.1) is 11.3 Å². The molecule has 252 valence electrons. The van der Waals surface area contributed by atoms with Crippen molar-refractivity contribution in [1.82, 2.24) is 19.5 Å². The van der Waals surface area contributed by atoms with Crippen LogP contribution in [0.25, 0.3) is 104 Å². The third-order valence-corrected chi connectivity index (χ3v) is 11.6. The molecule has 3 heterocycles. The molecule has 0 spiro atoms. The molecule has 54 heavy (non-hydrogen) atoms. The van der Waals surface area contributed by atoms with Crippen molar-refractivity contribution in [1.29, 1.82) is 0 Å². The minimum Gasteiger partial charge on any atom is -0.309 e. The van der Waals surface area contributed by atoms with E-state index in [0.717, 1.165) is 33.5 Å². The second kappa shape index (κ2) is 12.3. The molecule has 0 bridgehead atoms. The van der Waals surface area contributed by atoms with Crippen molar-refractivity contribution in [3.63, 3.8) is 0 Å². The van der Waals surface area contributed by atoms with E-state index in [1.54, 1.807) is 0 Å². The van der Waals surface area contributed by atoms with Gasteiger partial charge in [-0.1, -0.05) is 133 Å². The Bertz CT molecular complexity index is 3160. The number of benzene rings is 8. The Kier molecular flexibility index (Phi) is 7.00. The van der Waals surface area contributed by atoms with Crippen LogP contribution in [0.1, 0.15) is 0 Å². The zero-order valence-electron chi connectivity index (χ0n) is 29.0. The lowest BCUT2D eigenvalue weighted by molar-refractivity contribution is 1.07. The van der Waals surface area contributed by atoms with Crippen LogP contribution >= 0.6 is 11.3 Å². The standard InChI is InChI=1S/C49H30N4S/c1-3-14-31(15-4-1)47-50-48(32-16-5-2-6-17-32)52-49(51-47)38-27-26-35(30-40(38)37-22-13-25-45-46(37)39-21-10-12-24-44(39)54-45)53-42-23-11-9-20-36(42)41-28-33-18-7-8-19-34(33)29-43(41)53/h1-30H. The number of thiophene rings is 1. The molecular formula is C49H30N4S. The highest BCUT2D eigenvalue weighted by Gasteiger charge is 2.21. The van der Waals surface area contributed by atoms with Crippen molar-refractivity contribution in [3.8, 4) is 51.0 Å². The highest BCUT2D eigenvalue weighted by Crippen LogP contribution is 2.44. The molecule has 11 rings (SSSR count). The van der Waals surface area contributed by atoms with E-state index < -0.39 is 0 Å². The predicted molar refractivity (Wildman–Crippen MR) is 226 cm³/mol. The second-order valence-corrected chi connectivity index (χ2v) is 14.7. The molecule has 8 aromatic carbocycles. The van der Waals surface area contributed by atoms with Crippen LogP contribution in [-0.4, -0.2) is 19.5 Å². The monoisotopic (exact) mass is 706 g/mol. The number of rotatable bonds is 5. The third kappa shape index (κ3) is 4.94. The summed E-state index contributed by atoms with van der Waals surface area (Å²) in [5.74, 6) is 1.92. The van der Waals surface area contributed by atoms with E-state index in [2.05, 4.69) is 150 Å². The summed E-state index contributed by atoms with van der Waals surface area (Å²) in [5.41, 5.74) is 8.47. The fourth-order valence-corrected chi connectivity index (χ4v) is 9.08. The Morgan fingerprint density at radius 2 is 0.981 bits per heavy atom. The summed E-state index contributed by atoms with van der Waals surface area (Å²) in [7, 11) is 0. The summed E-state index contributed by atoms with van der Waals surface area (Å²) >= 11 is 1.83. The summed E-state index contributed by atoms with van der Waals surface area (Å²) < 4.78 is 4.93. The molecule has 0 amide bonds. The molecule has 0 saturated heterocycles. The molecule has 4 nitrogen and oxygen atoms in total. The van der Waals surface area contributed by atoms with E-state index in [4.69, 9.17) is 15.0 Å². The van der Waals surface area contributed by atoms with E-state index in [1.807, 2.05) is 47.7 Å². The highest BCUT2D eigenvalue weighted by atomic mass is 32.1. The van der Waals surface area contributed by atoms with Gasteiger partial charge in [-0.3, -0.25) is 0 Å². The second-order valence-electron chi connectivity index (χ2n) is 13.6. The molecule has 0 saturated carbocycles. The van der Waals surface area contributed by atoms with Crippen molar-refractivity contribution in [2.45, 2.75) is 0 Å². The number of nitrogens with zero attached hydrogens (tertiary/aromatic N) is 4. The zero-order chi connectivity index (χ0) is 35.6. The molecule has 0 atom stereocenters. The van der Waals surface area contributed by atoms with Crippen LogP contribution in [0, 0.1) is 0 Å². The number of hydrogen-bond acceptors (Lipinski definition) is 4. The molecule has 0 aliphatic carbocycles. The van der Waals surface area contributed by atoms with Gasteiger partial charge in [0.05, 0.1) is 11.0 Å². The maximum absolute atomic E-state index is 5.22. The van der Waals surface area contributed by atoms with Crippen LogP contribution in [0.4, 0.5) is 0 Å². The average molecular weight is 707 g/mol. The SMILES string of the molecule is c1ccc(-c2nc(-c3ccccc3)nc(-c3ccc(-n4c5ccccc5c5cc6ccccc6cc54)cc3-c3cccc4sc5ccccc5c34)n2)cc1. The van der Waals surface area contributed by atoms with Gasteiger partial charge in [0, 0.05) is 53.3 Å². The Morgan fingerprint density at radius 1 is 0.370 bits per heavy atom. The Morgan fingerprint density at radius 3 is 1.74 bits per heavy atom. The Labute approximate surface area is 315 Å². The molecule has 5 heteroatoms. The first-order valence-electron chi connectivity index (χ1n) is 18.1. The lowest BCUT2D eigenvalue weighted by Gasteiger charge is -2.16. The Balaban J connectivity index is 1.23. The highest BCUT2D eigenvalue weighted by molar-refractivity contribution is 7.25. The van der Waals surface area contributed by atoms with E-state index in [-0.39, 0.29) is 0 Å². The van der Waals surface area contributed by atoms with Crippen molar-refractivity contribution >= 4 is 64.1 Å². The van der Waals surface area contributed by atoms with Crippen molar-refractivity contribution < 1.29 is 0 Å². The van der Waals surface area contributed by atoms with Gasteiger partial charge in [0.15, 0.2) is 17.5 Å². The summed E-state index contributed by atoms with van der Waals surface area (Å²) in [5, 5.41) is 7.40. The summed E-state index contributed by atoms with van der Waals surface area (Å²) in [6.07, 6.45) is 0. The average Bonchev–Trinajstić information content (AvgIpc) is 3.78. The fraction of sp³-hybridized carbons (Fsp3) is 0. The zero-order valence-corrected chi connectivity index (χ0v) is 29.8. The first-order valence-corrected chi connectivity index (χ1v) is 18.9. The van der Waals surface area contributed by atoms with Gasteiger partial charge in [-0.2, -0.15) is 0 Å². The van der Waals surface area contributed by atoms with Crippen LogP contribution < -0.4 is 0 Å². The summed E-state index contributed by atoms with van der Waals surface area (Å²) in [4.78, 5) is 15.4. The van der Waals surface area contributed by atoms with Crippen LogP contribution in [0.5, 0.6) is 0 Å². The maximum atomic E-state index is 5.22. The summed E-state index contributed by atoms with van der Waals surface area (Å²) in [6, 6.07) is 64.5. The molecule has 11 aromatic rings. The molecule has 0 aliphatic heterocycles. The molecule has 0 aliphatic rings. The van der Waals surface area contributed by atoms with Gasteiger partial charge in [0.1, 0.15) is 0 Å². The van der Waals surface area contributed by atoms with E-state index >= 15 is 0 Å². The molecule has 3 aromatic heterocycles. The lowest BCUT2D eigenvalue weighted by atomic mass is 9.94. The summed E-state index contributed by atoms with van der Waals surface area (Å²) in [6.45, 7) is 0. The number of aromatic nitrogens is 4. The Hall–Kier alpha value is -6.95. The van der Waals surface area contributed by atoms with Gasteiger partial charge >= 0.3 is 0 Å². The number of para-hydroxylation sites is 1. The quantitative estimate of drug-likeness (QED) is 0.179. The number of hydrogen-bond donors (Lipinski definition) is 0. The van der Waals surface area contributed by atoms with Crippen LogP contribution in [0.3, 0.4) is 0 Å². The van der Waals surface area contributed by atoms with Gasteiger partial charge in [-0.25, -0.2) is 15.0 Å². The number of fused-ring (bicyclic) bond motifs is 7. The van der Waals surface area contributed by atoms with Crippen LogP contribution in [-0.2, 0) is 0 Å². The van der Waals surface area contributed by atoms with E-state index in [0.29, 0.717) is 17.5 Å². The largest absolute Gasteiger partial charge is 0.309 e. The first kappa shape index (κ1) is 30.7. The normalized spacial score (nSPS) is 11.7. The lowest BCUT2D eigenvalue weighted by Crippen LogP contribution is -2.02. The topological polar surface area (TPSA) is 43.6 Å². The smallest absolute Gasteiger partial charge is 0.164 e. The fourth-order valence-electron chi connectivity index (χ4n) is 7.95. The van der Waals surface area contributed by atoms with Gasteiger partial charge in [0.25, 0.3) is 0 Å². The van der Waals surface area contributed by atoms with Gasteiger partial charge in [0.2, 0.25) is 0 Å².